The monoisotopic (exact) mass is 372 g/mol. The van der Waals surface area contributed by atoms with E-state index in [2.05, 4.69) is 67.2 Å². The van der Waals surface area contributed by atoms with E-state index in [1.165, 1.54) is 11.1 Å². The molecule has 0 spiro atoms. The molecule has 1 nitrogen and oxygen atoms in total. The fourth-order valence-corrected chi connectivity index (χ4v) is 9.37. The second-order valence-electron chi connectivity index (χ2n) is 7.35. The first-order valence-corrected chi connectivity index (χ1v) is 11.4. The molecule has 1 fully saturated rings. The summed E-state index contributed by atoms with van der Waals surface area (Å²) in [5.74, 6) is 0. The fourth-order valence-electron chi connectivity index (χ4n) is 4.83. The summed E-state index contributed by atoms with van der Waals surface area (Å²) in [6, 6.07) is 31.0. The summed E-state index contributed by atoms with van der Waals surface area (Å²) >= 11 is 0. The zero-order valence-corrected chi connectivity index (χ0v) is 16.4. The molecule has 2 heteroatoms. The molecule has 0 bridgehead atoms. The van der Waals surface area contributed by atoms with Crippen LogP contribution >= 0.6 is 7.14 Å². The lowest BCUT2D eigenvalue weighted by atomic mass is 9.89. The minimum Gasteiger partial charge on any atom is -0.317 e. The molecule has 4 rings (SSSR count). The van der Waals surface area contributed by atoms with Crippen molar-refractivity contribution in [1.29, 1.82) is 0 Å². The van der Waals surface area contributed by atoms with Crippen molar-refractivity contribution in [1.82, 2.24) is 0 Å². The van der Waals surface area contributed by atoms with Crippen LogP contribution in [0.5, 0.6) is 0 Å². The van der Waals surface area contributed by atoms with Crippen molar-refractivity contribution in [3.05, 3.63) is 115 Å². The molecule has 0 saturated carbocycles. The lowest BCUT2D eigenvalue weighted by Crippen LogP contribution is -2.27. The van der Waals surface area contributed by atoms with Crippen LogP contribution in [0, 0.1) is 0 Å². The van der Waals surface area contributed by atoms with E-state index in [1.807, 2.05) is 36.4 Å². The Balaban J connectivity index is 1.99. The Morgan fingerprint density at radius 2 is 1.44 bits per heavy atom. The SMILES string of the molecule is C=CC[C@]1(c2ccccc2)CC[C@@H](c2ccccc2)P1(=O)c1ccccc1. The van der Waals surface area contributed by atoms with Gasteiger partial charge in [-0.3, -0.25) is 0 Å². The summed E-state index contributed by atoms with van der Waals surface area (Å²) in [5.41, 5.74) is 2.41. The van der Waals surface area contributed by atoms with Gasteiger partial charge in [0, 0.05) is 11.0 Å². The molecule has 1 saturated heterocycles. The first kappa shape index (κ1) is 18.0. The Kier molecular flexibility index (Phi) is 4.89. The first-order valence-electron chi connectivity index (χ1n) is 9.59. The van der Waals surface area contributed by atoms with Crippen molar-refractivity contribution in [2.75, 3.05) is 0 Å². The van der Waals surface area contributed by atoms with Gasteiger partial charge >= 0.3 is 0 Å². The van der Waals surface area contributed by atoms with Gasteiger partial charge in [0.05, 0.1) is 5.16 Å². The van der Waals surface area contributed by atoms with Gasteiger partial charge in [-0.2, -0.15) is 0 Å². The van der Waals surface area contributed by atoms with E-state index in [1.54, 1.807) is 0 Å². The highest BCUT2D eigenvalue weighted by molar-refractivity contribution is 7.73. The van der Waals surface area contributed by atoms with Crippen molar-refractivity contribution in [2.45, 2.75) is 30.1 Å². The van der Waals surface area contributed by atoms with Gasteiger partial charge in [0.25, 0.3) is 0 Å². The third-order valence-corrected chi connectivity index (χ3v) is 10.5. The molecule has 136 valence electrons. The Bertz CT molecular complexity index is 949. The summed E-state index contributed by atoms with van der Waals surface area (Å²) < 4.78 is 15.1. The van der Waals surface area contributed by atoms with Crippen molar-refractivity contribution in [2.24, 2.45) is 0 Å². The molecule has 1 unspecified atom stereocenters. The topological polar surface area (TPSA) is 17.1 Å². The molecule has 0 radical (unpaired) electrons. The van der Waals surface area contributed by atoms with Gasteiger partial charge in [0.1, 0.15) is 7.14 Å². The smallest absolute Gasteiger partial charge is 0.133 e. The number of benzene rings is 3. The van der Waals surface area contributed by atoms with E-state index in [0.717, 1.165) is 24.6 Å². The quantitative estimate of drug-likeness (QED) is 0.360. The Morgan fingerprint density at radius 1 is 0.889 bits per heavy atom. The highest BCUT2D eigenvalue weighted by atomic mass is 31.2. The van der Waals surface area contributed by atoms with Crippen LogP contribution in [0.25, 0.3) is 0 Å². The van der Waals surface area contributed by atoms with E-state index in [0.29, 0.717) is 0 Å². The van der Waals surface area contributed by atoms with Gasteiger partial charge in [-0.25, -0.2) is 0 Å². The fraction of sp³-hybridized carbons (Fsp3) is 0.200. The highest BCUT2D eigenvalue weighted by Crippen LogP contribution is 2.79. The van der Waals surface area contributed by atoms with E-state index in [9.17, 15) is 0 Å². The van der Waals surface area contributed by atoms with Crippen LogP contribution in [0.15, 0.2) is 104 Å². The minimum atomic E-state index is -2.81. The maximum atomic E-state index is 15.1. The predicted octanol–water partition coefficient (Wildman–Crippen LogP) is 6.68. The molecule has 0 aliphatic carbocycles. The van der Waals surface area contributed by atoms with Crippen molar-refractivity contribution in [3.63, 3.8) is 0 Å². The van der Waals surface area contributed by atoms with Crippen LogP contribution in [0.2, 0.25) is 0 Å². The lowest BCUT2D eigenvalue weighted by molar-refractivity contribution is 0.528. The highest BCUT2D eigenvalue weighted by Gasteiger charge is 2.58. The molecule has 0 aromatic heterocycles. The Labute approximate surface area is 162 Å². The number of rotatable bonds is 5. The van der Waals surface area contributed by atoms with Crippen LogP contribution < -0.4 is 5.30 Å². The number of allylic oxidation sites excluding steroid dienone is 1. The normalized spacial score (nSPS) is 27.3. The van der Waals surface area contributed by atoms with Crippen LogP contribution in [0.3, 0.4) is 0 Å². The molecule has 1 aliphatic rings. The summed E-state index contributed by atoms with van der Waals surface area (Å²) in [4.78, 5) is 0. The van der Waals surface area contributed by atoms with E-state index in [4.69, 9.17) is 0 Å². The molecule has 1 aliphatic heterocycles. The van der Waals surface area contributed by atoms with E-state index >= 15 is 4.57 Å². The molecule has 0 amide bonds. The minimum absolute atomic E-state index is 0.0428. The Hall–Kier alpha value is -2.37. The average molecular weight is 372 g/mol. The molecular weight excluding hydrogens is 347 g/mol. The average Bonchev–Trinajstić information content (AvgIpc) is 3.04. The largest absolute Gasteiger partial charge is 0.317 e. The number of hydrogen-bond acceptors (Lipinski definition) is 1. The summed E-state index contributed by atoms with van der Waals surface area (Å²) in [5, 5.41) is 0.597. The first-order chi connectivity index (χ1) is 13.2. The van der Waals surface area contributed by atoms with Crippen LogP contribution in [0.4, 0.5) is 0 Å². The van der Waals surface area contributed by atoms with Crippen molar-refractivity contribution >= 4 is 12.4 Å². The summed E-state index contributed by atoms with van der Waals surface area (Å²) in [7, 11) is -2.81. The van der Waals surface area contributed by atoms with Gasteiger partial charge in [0.2, 0.25) is 0 Å². The standard InChI is InChI=1S/C25H25OP/c1-2-19-25(22-14-8-4-9-15-22)20-18-24(21-12-6-3-7-13-21)27(25,26)23-16-10-5-11-17-23/h2-17,24H,1,18-20H2/t24-,25+,27?/m0/s1. The summed E-state index contributed by atoms with van der Waals surface area (Å²) in [6.07, 6.45) is 4.52. The zero-order valence-electron chi connectivity index (χ0n) is 15.5. The lowest BCUT2D eigenvalue weighted by Gasteiger charge is -2.38. The second kappa shape index (κ2) is 7.33. The van der Waals surface area contributed by atoms with Crippen molar-refractivity contribution < 1.29 is 4.57 Å². The predicted molar refractivity (Wildman–Crippen MR) is 115 cm³/mol. The number of hydrogen-bond donors (Lipinski definition) is 0. The van der Waals surface area contributed by atoms with Crippen LogP contribution in [-0.2, 0) is 9.72 Å². The maximum Gasteiger partial charge on any atom is 0.133 e. The summed E-state index contributed by atoms with van der Waals surface area (Å²) in [6.45, 7) is 4.03. The van der Waals surface area contributed by atoms with Gasteiger partial charge in [-0.15, -0.1) is 6.58 Å². The van der Waals surface area contributed by atoms with Gasteiger partial charge in [-0.1, -0.05) is 97.1 Å². The van der Waals surface area contributed by atoms with Gasteiger partial charge in [0.15, 0.2) is 0 Å². The zero-order chi connectivity index (χ0) is 18.7. The maximum absolute atomic E-state index is 15.1. The second-order valence-corrected chi connectivity index (χ2v) is 10.7. The van der Waals surface area contributed by atoms with Crippen LogP contribution in [-0.4, -0.2) is 0 Å². The molecule has 3 atom stereocenters. The van der Waals surface area contributed by atoms with E-state index in [-0.39, 0.29) is 5.66 Å². The third-order valence-electron chi connectivity index (χ3n) is 6.02. The van der Waals surface area contributed by atoms with Gasteiger partial charge in [-0.05, 0) is 30.4 Å². The van der Waals surface area contributed by atoms with Crippen LogP contribution in [0.1, 0.15) is 36.0 Å². The molecule has 1 heterocycles. The van der Waals surface area contributed by atoms with Gasteiger partial charge < -0.3 is 4.57 Å². The van der Waals surface area contributed by atoms with E-state index < -0.39 is 12.3 Å². The Morgan fingerprint density at radius 3 is 2.04 bits per heavy atom. The third kappa shape index (κ3) is 2.82. The molecule has 27 heavy (non-hydrogen) atoms. The molecule has 3 aromatic rings. The molecular formula is C25H25OP. The molecule has 0 N–H and O–H groups in total. The van der Waals surface area contributed by atoms with Crippen molar-refractivity contribution in [3.8, 4) is 0 Å². The molecule has 3 aromatic carbocycles.